The molecule has 0 amide bonds. The molecule has 1 atom stereocenters. The number of aliphatic imine (C=N–C) groups is 1. The number of carboxylic acids is 1. The molecule has 4 nitrogen and oxygen atoms in total. The maximum atomic E-state index is 13.5. The molecule has 0 bridgehead atoms. The Balaban J connectivity index is 3.26. The van der Waals surface area contributed by atoms with Crippen LogP contribution < -0.4 is 5.73 Å². The number of allylic oxidation sites excluding steroid dienone is 2. The van der Waals surface area contributed by atoms with Crippen molar-refractivity contribution in [2.24, 2.45) is 16.6 Å². The lowest BCUT2D eigenvalue weighted by molar-refractivity contribution is -0.135. The second kappa shape index (κ2) is 4.95. The van der Waals surface area contributed by atoms with Crippen LogP contribution in [-0.2, 0) is 4.79 Å². The van der Waals surface area contributed by atoms with Crippen LogP contribution in [-0.4, -0.2) is 35.7 Å². The van der Waals surface area contributed by atoms with Gasteiger partial charge in [0.15, 0.2) is 0 Å². The molecule has 0 aromatic heterocycles. The summed E-state index contributed by atoms with van der Waals surface area (Å²) in [6.07, 6.45) is -3.78. The molecule has 3 N–H and O–H groups in total. The summed E-state index contributed by atoms with van der Waals surface area (Å²) < 4.78 is 52.0. The molecule has 1 fully saturated rings. The Labute approximate surface area is 100 Å². The highest BCUT2D eigenvalue weighted by molar-refractivity contribution is 6.09. The van der Waals surface area contributed by atoms with E-state index in [2.05, 4.69) is 4.99 Å². The zero-order valence-electron chi connectivity index (χ0n) is 9.46. The topological polar surface area (TPSA) is 75.7 Å². The van der Waals surface area contributed by atoms with Crippen molar-refractivity contribution in [3.8, 4) is 0 Å². The van der Waals surface area contributed by atoms with Crippen molar-refractivity contribution in [3.05, 3.63) is 11.3 Å². The third-order valence-corrected chi connectivity index (χ3v) is 2.58. The molecule has 102 valence electrons. The van der Waals surface area contributed by atoms with Gasteiger partial charge in [-0.2, -0.15) is 8.78 Å². The van der Waals surface area contributed by atoms with Gasteiger partial charge in [0, 0.05) is 12.0 Å². The number of hydrogen-bond donors (Lipinski definition) is 2. The van der Waals surface area contributed by atoms with Crippen molar-refractivity contribution < 1.29 is 27.5 Å². The summed E-state index contributed by atoms with van der Waals surface area (Å²) in [7, 11) is 0. The smallest absolute Gasteiger partial charge is 0.325 e. The van der Waals surface area contributed by atoms with Crippen molar-refractivity contribution in [1.82, 2.24) is 0 Å². The minimum absolute atomic E-state index is 0.434. The average molecular weight is 268 g/mol. The Bertz CT molecular complexity index is 418. The van der Waals surface area contributed by atoms with Gasteiger partial charge in [-0.1, -0.05) is 6.92 Å². The van der Waals surface area contributed by atoms with E-state index in [1.807, 2.05) is 0 Å². The summed E-state index contributed by atoms with van der Waals surface area (Å²) in [4.78, 5) is 13.5. The Morgan fingerprint density at radius 2 is 2.17 bits per heavy atom. The molecule has 0 saturated heterocycles. The summed E-state index contributed by atoms with van der Waals surface area (Å²) in [5.74, 6) is -5.74. The van der Waals surface area contributed by atoms with Gasteiger partial charge in [0.25, 0.3) is 12.3 Å². The first-order chi connectivity index (χ1) is 8.16. The fourth-order valence-corrected chi connectivity index (χ4v) is 1.90. The van der Waals surface area contributed by atoms with E-state index in [1.54, 1.807) is 0 Å². The average Bonchev–Trinajstić information content (AvgIpc) is 2.43. The molecular weight excluding hydrogens is 256 g/mol. The van der Waals surface area contributed by atoms with Crippen LogP contribution in [0.2, 0.25) is 0 Å². The minimum Gasteiger partial charge on any atom is -0.480 e. The normalized spacial score (nSPS) is 27.9. The first kappa shape index (κ1) is 14.5. The van der Waals surface area contributed by atoms with Crippen molar-refractivity contribution >= 4 is 11.7 Å². The van der Waals surface area contributed by atoms with Gasteiger partial charge in [-0.15, -0.1) is 0 Å². The number of alkyl halides is 4. The highest BCUT2D eigenvalue weighted by Gasteiger charge is 2.49. The molecule has 0 radical (unpaired) electrons. The lowest BCUT2D eigenvalue weighted by atomic mass is 10.0. The Morgan fingerprint density at radius 3 is 2.61 bits per heavy atom. The largest absolute Gasteiger partial charge is 0.480 e. The number of nitrogens with zero attached hydrogens (tertiary/aromatic N) is 1. The third-order valence-electron chi connectivity index (χ3n) is 2.58. The molecule has 1 aliphatic carbocycles. The van der Waals surface area contributed by atoms with E-state index in [0.29, 0.717) is 0 Å². The molecule has 0 aliphatic heterocycles. The fourth-order valence-electron chi connectivity index (χ4n) is 1.90. The highest BCUT2D eigenvalue weighted by Crippen LogP contribution is 2.42. The van der Waals surface area contributed by atoms with E-state index >= 15 is 0 Å². The summed E-state index contributed by atoms with van der Waals surface area (Å²) in [5.41, 5.74) is 2.76. The standard InChI is InChI=1S/C10H12F4N2O2/c1-4-2-10(13,14)8(16-3-5(17)18)6(4)7(15)9(11)12/h4,9H,2-3,15H2,1H3,(H,17,18)/b7-6-,16-8?/t4-/m0/s1. The predicted molar refractivity (Wildman–Crippen MR) is 55.9 cm³/mol. The summed E-state index contributed by atoms with van der Waals surface area (Å²) in [5, 5.41) is 8.40. The van der Waals surface area contributed by atoms with Crippen molar-refractivity contribution in [3.63, 3.8) is 0 Å². The minimum atomic E-state index is -3.43. The zero-order chi connectivity index (χ0) is 14.1. The first-order valence-electron chi connectivity index (χ1n) is 5.09. The number of halogens is 4. The van der Waals surface area contributed by atoms with Crippen LogP contribution >= 0.6 is 0 Å². The number of carboxylic acid groups (broad SMARTS) is 1. The molecular formula is C10H12F4N2O2. The molecule has 0 unspecified atom stereocenters. The van der Waals surface area contributed by atoms with E-state index in [1.165, 1.54) is 6.92 Å². The molecule has 0 spiro atoms. The number of nitrogens with two attached hydrogens (primary N) is 1. The molecule has 1 rings (SSSR count). The van der Waals surface area contributed by atoms with Crippen LogP contribution in [0.5, 0.6) is 0 Å². The van der Waals surface area contributed by atoms with Crippen molar-refractivity contribution in [2.45, 2.75) is 25.7 Å². The maximum absolute atomic E-state index is 13.5. The predicted octanol–water partition coefficient (Wildman–Crippen LogP) is 1.67. The van der Waals surface area contributed by atoms with Gasteiger partial charge in [0.2, 0.25) is 0 Å². The van der Waals surface area contributed by atoms with Gasteiger partial charge in [0.1, 0.15) is 12.3 Å². The summed E-state index contributed by atoms with van der Waals surface area (Å²) in [6.45, 7) is 0.416. The van der Waals surface area contributed by atoms with Crippen LogP contribution in [0.25, 0.3) is 0 Å². The van der Waals surface area contributed by atoms with Crippen LogP contribution in [0.1, 0.15) is 13.3 Å². The van der Waals surface area contributed by atoms with Crippen LogP contribution in [0.15, 0.2) is 16.3 Å². The highest BCUT2D eigenvalue weighted by atomic mass is 19.3. The van der Waals surface area contributed by atoms with Crippen LogP contribution in [0.4, 0.5) is 17.6 Å². The van der Waals surface area contributed by atoms with Gasteiger partial charge in [-0.3, -0.25) is 9.79 Å². The number of hydrogen-bond acceptors (Lipinski definition) is 3. The monoisotopic (exact) mass is 268 g/mol. The lowest BCUT2D eigenvalue weighted by Gasteiger charge is -2.12. The van der Waals surface area contributed by atoms with E-state index in [0.717, 1.165) is 0 Å². The lowest BCUT2D eigenvalue weighted by Crippen LogP contribution is -2.26. The van der Waals surface area contributed by atoms with E-state index < -0.39 is 54.2 Å². The molecule has 0 heterocycles. The van der Waals surface area contributed by atoms with Gasteiger partial charge in [-0.25, -0.2) is 8.78 Å². The molecule has 1 saturated carbocycles. The van der Waals surface area contributed by atoms with Crippen molar-refractivity contribution in [1.29, 1.82) is 0 Å². The number of aliphatic carboxylic acids is 1. The van der Waals surface area contributed by atoms with Gasteiger partial charge < -0.3 is 10.8 Å². The number of carbonyl (C=O) groups is 1. The van der Waals surface area contributed by atoms with Crippen LogP contribution in [0, 0.1) is 5.92 Å². The first-order valence-corrected chi connectivity index (χ1v) is 5.09. The summed E-state index contributed by atoms with van der Waals surface area (Å²) in [6, 6.07) is 0. The van der Waals surface area contributed by atoms with E-state index in [-0.39, 0.29) is 0 Å². The molecule has 0 aromatic carbocycles. The van der Waals surface area contributed by atoms with Gasteiger partial charge in [0.05, 0.1) is 5.70 Å². The van der Waals surface area contributed by atoms with E-state index in [9.17, 15) is 22.4 Å². The molecule has 1 aliphatic rings. The Kier molecular flexibility index (Phi) is 3.98. The van der Waals surface area contributed by atoms with Gasteiger partial charge >= 0.3 is 5.97 Å². The fraction of sp³-hybridized carbons (Fsp3) is 0.600. The Hall–Kier alpha value is -1.60. The molecule has 8 heteroatoms. The molecule has 18 heavy (non-hydrogen) atoms. The second-order valence-corrected chi connectivity index (χ2v) is 4.04. The van der Waals surface area contributed by atoms with Gasteiger partial charge in [-0.05, 0) is 5.92 Å². The van der Waals surface area contributed by atoms with E-state index in [4.69, 9.17) is 10.8 Å². The summed E-state index contributed by atoms with van der Waals surface area (Å²) >= 11 is 0. The second-order valence-electron chi connectivity index (χ2n) is 4.04. The quantitative estimate of drug-likeness (QED) is 0.764. The van der Waals surface area contributed by atoms with Crippen LogP contribution in [0.3, 0.4) is 0 Å². The third kappa shape index (κ3) is 2.80. The SMILES string of the molecule is C[C@H]1CC(F)(F)C(=NCC(=O)O)/C1=C(\N)C(F)F. The van der Waals surface area contributed by atoms with Crippen molar-refractivity contribution in [2.75, 3.05) is 6.54 Å². The molecule has 0 aromatic rings. The number of rotatable bonds is 3. The maximum Gasteiger partial charge on any atom is 0.325 e. The zero-order valence-corrected chi connectivity index (χ0v) is 9.46. The Morgan fingerprint density at radius 1 is 1.61 bits per heavy atom.